The molecule has 1 aliphatic carbocycles. The summed E-state index contributed by atoms with van der Waals surface area (Å²) in [4.78, 5) is 11.1. The number of hydrogen-bond donors (Lipinski definition) is 0. The number of hydrogen-bond acceptors (Lipinski definition) is 4. The van der Waals surface area contributed by atoms with Crippen molar-refractivity contribution in [3.05, 3.63) is 23.8 Å². The summed E-state index contributed by atoms with van der Waals surface area (Å²) in [7, 11) is 1.33. The van der Waals surface area contributed by atoms with Crippen LogP contribution in [0.25, 0.3) is 0 Å². The second-order valence-corrected chi connectivity index (χ2v) is 2.36. The van der Waals surface area contributed by atoms with Crippen LogP contribution in [0, 0.1) is 0 Å². The van der Waals surface area contributed by atoms with E-state index >= 15 is 0 Å². The fourth-order valence-corrected chi connectivity index (χ4v) is 1.10. The van der Waals surface area contributed by atoms with Crippen LogP contribution in [-0.2, 0) is 9.53 Å². The molecule has 4 heteroatoms. The van der Waals surface area contributed by atoms with Crippen LogP contribution >= 0.6 is 0 Å². The number of nitrogens with zero attached hydrogens (tertiary/aromatic N) is 2. The van der Waals surface area contributed by atoms with Crippen molar-refractivity contribution in [3.8, 4) is 0 Å². The minimum Gasteiger partial charge on any atom is -0.464 e. The summed E-state index contributed by atoms with van der Waals surface area (Å²) in [5.41, 5.74) is 1.77. The van der Waals surface area contributed by atoms with Gasteiger partial charge in [-0.15, -0.1) is 10.2 Å². The normalized spacial score (nSPS) is 18.2. The van der Waals surface area contributed by atoms with Crippen molar-refractivity contribution < 1.29 is 9.53 Å². The largest absolute Gasteiger partial charge is 0.464 e. The van der Waals surface area contributed by atoms with E-state index in [-0.39, 0.29) is 5.71 Å². The topological polar surface area (TPSA) is 51.0 Å². The molecule has 0 radical (unpaired) electrons. The minimum atomic E-state index is -0.441. The Balaban J connectivity index is 2.30. The summed E-state index contributed by atoms with van der Waals surface area (Å²) in [5, 5.41) is 7.50. The van der Waals surface area contributed by atoms with Gasteiger partial charge in [0, 0.05) is 5.57 Å². The van der Waals surface area contributed by atoms with Crippen LogP contribution in [0.2, 0.25) is 0 Å². The van der Waals surface area contributed by atoms with Crippen molar-refractivity contribution in [1.29, 1.82) is 0 Å². The maximum atomic E-state index is 11.1. The predicted octanol–water partition coefficient (Wildman–Crippen LogP) is 0.466. The first-order valence-corrected chi connectivity index (χ1v) is 3.46. The molecule has 0 spiro atoms. The highest BCUT2D eigenvalue weighted by Crippen LogP contribution is 2.17. The highest BCUT2D eigenvalue weighted by molar-refractivity contribution is 6.53. The van der Waals surface area contributed by atoms with Gasteiger partial charge in [-0.1, -0.05) is 12.2 Å². The van der Waals surface area contributed by atoms with Crippen LogP contribution in [-0.4, -0.2) is 24.5 Å². The standard InChI is InChI=1S/C8H6N2O2/c1-12-8(11)7-5-3-2-4-6(5)9-10-7/h2-4H,1H3. The molecule has 4 nitrogen and oxygen atoms in total. The molecule has 2 aliphatic rings. The van der Waals surface area contributed by atoms with Crippen LogP contribution < -0.4 is 0 Å². The molecular weight excluding hydrogens is 156 g/mol. The Bertz CT molecular complexity index is 361. The van der Waals surface area contributed by atoms with E-state index in [0.29, 0.717) is 0 Å². The number of esters is 1. The van der Waals surface area contributed by atoms with Gasteiger partial charge in [-0.25, -0.2) is 4.79 Å². The second-order valence-electron chi connectivity index (χ2n) is 2.36. The molecule has 0 bridgehead atoms. The summed E-state index contributed by atoms with van der Waals surface area (Å²) in [6.07, 6.45) is 5.42. The van der Waals surface area contributed by atoms with E-state index in [0.717, 1.165) is 11.3 Å². The van der Waals surface area contributed by atoms with Gasteiger partial charge in [-0.2, -0.15) is 0 Å². The zero-order valence-electron chi connectivity index (χ0n) is 6.44. The monoisotopic (exact) mass is 162 g/mol. The Hall–Kier alpha value is -1.71. The lowest BCUT2D eigenvalue weighted by Crippen LogP contribution is -2.17. The predicted molar refractivity (Wildman–Crippen MR) is 44.1 cm³/mol. The number of carbonyl (C=O) groups is 1. The molecule has 0 saturated heterocycles. The fraction of sp³-hybridized carbons (Fsp3) is 0.125. The maximum Gasteiger partial charge on any atom is 0.359 e. The molecule has 1 aliphatic heterocycles. The third-order valence-electron chi connectivity index (χ3n) is 1.68. The number of ether oxygens (including phenoxy) is 1. The van der Waals surface area contributed by atoms with Crippen molar-refractivity contribution in [2.24, 2.45) is 10.2 Å². The Labute approximate surface area is 68.9 Å². The van der Waals surface area contributed by atoms with Gasteiger partial charge in [0.05, 0.1) is 12.8 Å². The van der Waals surface area contributed by atoms with E-state index in [1.807, 2.05) is 6.08 Å². The van der Waals surface area contributed by atoms with Crippen LogP contribution in [0.3, 0.4) is 0 Å². The molecule has 0 fully saturated rings. The van der Waals surface area contributed by atoms with E-state index in [2.05, 4.69) is 14.9 Å². The van der Waals surface area contributed by atoms with E-state index in [1.54, 1.807) is 12.2 Å². The Morgan fingerprint density at radius 3 is 3.08 bits per heavy atom. The molecular formula is C8H6N2O2. The molecule has 0 unspecified atom stereocenters. The van der Waals surface area contributed by atoms with E-state index in [1.165, 1.54) is 7.11 Å². The molecule has 60 valence electrons. The summed E-state index contributed by atoms with van der Waals surface area (Å²) in [5.74, 6) is -0.441. The lowest BCUT2D eigenvalue weighted by molar-refractivity contribution is -0.132. The van der Waals surface area contributed by atoms with Gasteiger partial charge in [-0.3, -0.25) is 0 Å². The molecule has 1 heterocycles. The van der Waals surface area contributed by atoms with Gasteiger partial charge in [0.15, 0.2) is 5.71 Å². The van der Waals surface area contributed by atoms with E-state index in [4.69, 9.17) is 0 Å². The summed E-state index contributed by atoms with van der Waals surface area (Å²) < 4.78 is 4.53. The number of allylic oxidation sites excluding steroid dienone is 3. The molecule has 12 heavy (non-hydrogen) atoms. The van der Waals surface area contributed by atoms with Crippen LogP contribution in [0.1, 0.15) is 0 Å². The maximum absolute atomic E-state index is 11.1. The first kappa shape index (κ1) is 6.97. The average molecular weight is 162 g/mol. The van der Waals surface area contributed by atoms with Gasteiger partial charge in [0.2, 0.25) is 0 Å². The molecule has 0 saturated carbocycles. The third kappa shape index (κ3) is 0.812. The number of methoxy groups -OCH3 is 1. The number of fused-ring (bicyclic) bond motifs is 1. The lowest BCUT2D eigenvalue weighted by atomic mass is 10.1. The first-order chi connectivity index (χ1) is 5.83. The first-order valence-electron chi connectivity index (χ1n) is 3.46. The average Bonchev–Trinajstić information content (AvgIpc) is 2.62. The zero-order chi connectivity index (χ0) is 8.55. The van der Waals surface area contributed by atoms with E-state index < -0.39 is 5.97 Å². The molecule has 0 amide bonds. The number of carbonyl (C=O) groups excluding carboxylic acids is 1. The van der Waals surface area contributed by atoms with Gasteiger partial charge in [0.1, 0.15) is 0 Å². The molecule has 0 N–H and O–H groups in total. The van der Waals surface area contributed by atoms with Crippen molar-refractivity contribution >= 4 is 17.4 Å². The van der Waals surface area contributed by atoms with Crippen molar-refractivity contribution in [3.63, 3.8) is 0 Å². The molecule has 0 atom stereocenters. The number of rotatable bonds is 1. The van der Waals surface area contributed by atoms with Crippen molar-refractivity contribution in [1.82, 2.24) is 0 Å². The summed E-state index contributed by atoms with van der Waals surface area (Å²) >= 11 is 0. The Morgan fingerprint density at radius 1 is 1.50 bits per heavy atom. The SMILES string of the molecule is COC(=O)C1=NN=C2C=CC=C21. The van der Waals surface area contributed by atoms with Crippen LogP contribution in [0.4, 0.5) is 0 Å². The van der Waals surface area contributed by atoms with Gasteiger partial charge in [-0.05, 0) is 6.08 Å². The van der Waals surface area contributed by atoms with Gasteiger partial charge >= 0.3 is 5.97 Å². The lowest BCUT2D eigenvalue weighted by Gasteiger charge is -1.97. The Kier molecular flexibility index (Phi) is 1.40. The molecule has 0 aromatic heterocycles. The fourth-order valence-electron chi connectivity index (χ4n) is 1.10. The summed E-state index contributed by atoms with van der Waals surface area (Å²) in [6.45, 7) is 0. The third-order valence-corrected chi connectivity index (χ3v) is 1.68. The zero-order valence-corrected chi connectivity index (χ0v) is 6.44. The molecule has 0 aromatic rings. The second kappa shape index (κ2) is 2.41. The Morgan fingerprint density at radius 2 is 2.33 bits per heavy atom. The smallest absolute Gasteiger partial charge is 0.359 e. The van der Waals surface area contributed by atoms with Crippen molar-refractivity contribution in [2.75, 3.05) is 7.11 Å². The molecule has 0 aromatic carbocycles. The summed E-state index contributed by atoms with van der Waals surface area (Å²) in [6, 6.07) is 0. The van der Waals surface area contributed by atoms with E-state index in [9.17, 15) is 4.79 Å². The van der Waals surface area contributed by atoms with Crippen LogP contribution in [0.15, 0.2) is 34.0 Å². The van der Waals surface area contributed by atoms with Gasteiger partial charge < -0.3 is 4.74 Å². The molecule has 2 rings (SSSR count). The highest BCUT2D eigenvalue weighted by Gasteiger charge is 2.26. The highest BCUT2D eigenvalue weighted by atomic mass is 16.5. The van der Waals surface area contributed by atoms with Crippen LogP contribution in [0.5, 0.6) is 0 Å². The quantitative estimate of drug-likeness (QED) is 0.526. The minimum absolute atomic E-state index is 0.289. The van der Waals surface area contributed by atoms with Crippen molar-refractivity contribution in [2.45, 2.75) is 0 Å². The van der Waals surface area contributed by atoms with Gasteiger partial charge in [0.25, 0.3) is 0 Å².